The Bertz CT molecular complexity index is 610. The van der Waals surface area contributed by atoms with Crippen molar-refractivity contribution in [2.75, 3.05) is 30.8 Å². The summed E-state index contributed by atoms with van der Waals surface area (Å²) in [6, 6.07) is 6.97. The zero-order valence-electron chi connectivity index (χ0n) is 13.9. The molecule has 1 heterocycles. The molecule has 0 unspecified atom stereocenters. The lowest BCUT2D eigenvalue weighted by Crippen LogP contribution is -2.44. The number of rotatable bonds is 3. The molecule has 1 aliphatic carbocycles. The van der Waals surface area contributed by atoms with E-state index in [1.54, 1.807) is 19.2 Å². The van der Waals surface area contributed by atoms with Gasteiger partial charge in [0, 0.05) is 25.0 Å². The average Bonchev–Trinajstić information content (AvgIpc) is 3.00. The number of carbonyl (C=O) groups excluding carboxylic acids is 2. The molecule has 0 bridgehead atoms. The van der Waals surface area contributed by atoms with Crippen LogP contribution in [0.5, 0.6) is 0 Å². The number of hydrogen-bond donors (Lipinski definition) is 4. The van der Waals surface area contributed by atoms with Gasteiger partial charge in [0.1, 0.15) is 0 Å². The number of urea groups is 1. The minimum Gasteiger partial charge on any atom is -0.341 e. The van der Waals surface area contributed by atoms with Crippen molar-refractivity contribution in [1.82, 2.24) is 10.6 Å². The molecule has 0 spiro atoms. The van der Waals surface area contributed by atoms with Crippen molar-refractivity contribution in [2.24, 2.45) is 11.3 Å². The Morgan fingerprint density at radius 1 is 1.21 bits per heavy atom. The van der Waals surface area contributed by atoms with Crippen LogP contribution in [-0.4, -0.2) is 32.1 Å². The van der Waals surface area contributed by atoms with Gasteiger partial charge < -0.3 is 21.3 Å². The lowest BCUT2D eigenvalue weighted by molar-refractivity contribution is -0.128. The third kappa shape index (κ3) is 3.65. The highest BCUT2D eigenvalue weighted by Crippen LogP contribution is 2.44. The summed E-state index contributed by atoms with van der Waals surface area (Å²) in [7, 11) is 1.57. The molecule has 1 aliphatic heterocycles. The lowest BCUT2D eigenvalue weighted by Gasteiger charge is -2.37. The summed E-state index contributed by atoms with van der Waals surface area (Å²) in [6.45, 7) is 1.70. The van der Waals surface area contributed by atoms with E-state index in [-0.39, 0.29) is 29.8 Å². The fraction of sp³-hybridized carbons (Fsp3) is 0.529. The number of carbonyl (C=O) groups is 2. The summed E-state index contributed by atoms with van der Waals surface area (Å²) in [6.07, 6.45) is 4.40. The second-order valence-corrected chi connectivity index (χ2v) is 6.47. The van der Waals surface area contributed by atoms with Crippen molar-refractivity contribution >= 4 is 35.7 Å². The molecule has 3 rings (SSSR count). The molecule has 3 amide bonds. The minimum atomic E-state index is -0.278. The van der Waals surface area contributed by atoms with Gasteiger partial charge in [-0.05, 0) is 43.5 Å². The van der Waals surface area contributed by atoms with E-state index in [1.165, 1.54) is 6.42 Å². The average molecular weight is 353 g/mol. The molecule has 2 aliphatic rings. The molecule has 6 nitrogen and oxygen atoms in total. The van der Waals surface area contributed by atoms with Gasteiger partial charge in [-0.2, -0.15) is 0 Å². The normalized spacial score (nSPS) is 25.1. The number of nitrogens with one attached hydrogen (secondary N) is 4. The Kier molecular flexibility index (Phi) is 6.07. The van der Waals surface area contributed by atoms with Gasteiger partial charge >= 0.3 is 6.03 Å². The topological polar surface area (TPSA) is 82.3 Å². The third-order valence-electron chi connectivity index (χ3n) is 5.10. The second kappa shape index (κ2) is 7.85. The Labute approximate surface area is 148 Å². The fourth-order valence-corrected chi connectivity index (χ4v) is 3.81. The van der Waals surface area contributed by atoms with Crippen LogP contribution >= 0.6 is 12.4 Å². The van der Waals surface area contributed by atoms with Crippen LogP contribution in [0.2, 0.25) is 0 Å². The summed E-state index contributed by atoms with van der Waals surface area (Å²) in [5.74, 6) is 0.535. The van der Waals surface area contributed by atoms with Crippen molar-refractivity contribution in [3.05, 3.63) is 24.3 Å². The summed E-state index contributed by atoms with van der Waals surface area (Å²) < 4.78 is 0. The summed E-state index contributed by atoms with van der Waals surface area (Å²) in [4.78, 5) is 24.3. The zero-order chi connectivity index (χ0) is 16.3. The number of hydrogen-bond acceptors (Lipinski definition) is 3. The Balaban J connectivity index is 0.00000208. The Morgan fingerprint density at radius 3 is 2.71 bits per heavy atom. The molecule has 1 aromatic carbocycles. The van der Waals surface area contributed by atoms with Gasteiger partial charge in [0.2, 0.25) is 5.91 Å². The van der Waals surface area contributed by atoms with Crippen molar-refractivity contribution < 1.29 is 9.59 Å². The maximum Gasteiger partial charge on any atom is 0.318 e. The highest BCUT2D eigenvalue weighted by atomic mass is 35.5. The van der Waals surface area contributed by atoms with Gasteiger partial charge in [-0.3, -0.25) is 4.79 Å². The van der Waals surface area contributed by atoms with Crippen molar-refractivity contribution in [1.29, 1.82) is 0 Å². The van der Waals surface area contributed by atoms with Gasteiger partial charge in [0.05, 0.1) is 5.41 Å². The predicted octanol–water partition coefficient (Wildman–Crippen LogP) is 2.58. The molecule has 1 saturated heterocycles. The maximum atomic E-state index is 12.9. The van der Waals surface area contributed by atoms with Crippen LogP contribution in [0.3, 0.4) is 0 Å². The maximum absolute atomic E-state index is 12.9. The predicted molar refractivity (Wildman–Crippen MR) is 97.7 cm³/mol. The molecule has 0 radical (unpaired) electrons. The number of fused-ring (bicyclic) bond motifs is 1. The van der Waals surface area contributed by atoms with Crippen LogP contribution in [0, 0.1) is 11.3 Å². The van der Waals surface area contributed by atoms with Crippen LogP contribution in [0.1, 0.15) is 25.7 Å². The van der Waals surface area contributed by atoms with Gasteiger partial charge in [-0.15, -0.1) is 12.4 Å². The molecule has 24 heavy (non-hydrogen) atoms. The molecule has 1 saturated carbocycles. The van der Waals surface area contributed by atoms with Crippen molar-refractivity contribution in [2.45, 2.75) is 25.7 Å². The first-order valence-corrected chi connectivity index (χ1v) is 8.25. The molecule has 0 aromatic heterocycles. The summed E-state index contributed by atoms with van der Waals surface area (Å²) in [5, 5.41) is 11.7. The van der Waals surface area contributed by atoms with E-state index in [4.69, 9.17) is 0 Å². The third-order valence-corrected chi connectivity index (χ3v) is 5.10. The van der Waals surface area contributed by atoms with Gasteiger partial charge in [0.15, 0.2) is 0 Å². The SMILES string of the molecule is CNC(=O)Nc1cccc(NC(=O)[C@@]23CCCC[C@H]2CNC3)c1.Cl. The highest BCUT2D eigenvalue weighted by Gasteiger charge is 2.49. The van der Waals surface area contributed by atoms with Crippen molar-refractivity contribution in [3.8, 4) is 0 Å². The van der Waals surface area contributed by atoms with Gasteiger partial charge in [0.25, 0.3) is 0 Å². The number of amides is 3. The van der Waals surface area contributed by atoms with Crippen LogP contribution in [0.25, 0.3) is 0 Å². The monoisotopic (exact) mass is 352 g/mol. The number of anilines is 2. The minimum absolute atomic E-state index is 0. The van der Waals surface area contributed by atoms with E-state index in [9.17, 15) is 9.59 Å². The molecule has 132 valence electrons. The smallest absolute Gasteiger partial charge is 0.318 e. The van der Waals surface area contributed by atoms with E-state index in [0.717, 1.165) is 38.0 Å². The molecular formula is C17H25ClN4O2. The largest absolute Gasteiger partial charge is 0.341 e. The number of benzene rings is 1. The quantitative estimate of drug-likeness (QED) is 0.674. The lowest BCUT2D eigenvalue weighted by atomic mass is 9.67. The number of halogens is 1. The van der Waals surface area contributed by atoms with Crippen LogP contribution in [0.15, 0.2) is 24.3 Å². The molecule has 4 N–H and O–H groups in total. The first-order chi connectivity index (χ1) is 11.1. The van der Waals surface area contributed by atoms with Gasteiger partial charge in [-0.25, -0.2) is 4.79 Å². The highest BCUT2D eigenvalue weighted by molar-refractivity contribution is 5.97. The second-order valence-electron chi connectivity index (χ2n) is 6.47. The van der Waals surface area contributed by atoms with Crippen LogP contribution < -0.4 is 21.3 Å². The molecule has 2 fully saturated rings. The zero-order valence-corrected chi connectivity index (χ0v) is 14.7. The van der Waals surface area contributed by atoms with Crippen LogP contribution in [0.4, 0.5) is 16.2 Å². The summed E-state index contributed by atoms with van der Waals surface area (Å²) >= 11 is 0. The molecule has 2 atom stereocenters. The first kappa shape index (κ1) is 18.5. The van der Waals surface area contributed by atoms with E-state index >= 15 is 0 Å². The van der Waals surface area contributed by atoms with Gasteiger partial charge in [-0.1, -0.05) is 18.9 Å². The van der Waals surface area contributed by atoms with E-state index in [2.05, 4.69) is 21.3 Å². The van der Waals surface area contributed by atoms with E-state index in [0.29, 0.717) is 11.6 Å². The Hall–Kier alpha value is -1.79. The van der Waals surface area contributed by atoms with Crippen molar-refractivity contribution in [3.63, 3.8) is 0 Å². The fourth-order valence-electron chi connectivity index (χ4n) is 3.81. The van der Waals surface area contributed by atoms with E-state index < -0.39 is 0 Å². The first-order valence-electron chi connectivity index (χ1n) is 8.25. The standard InChI is InChI=1S/C17H24N4O2.ClH/c1-18-16(23)21-14-7-4-6-13(9-14)20-15(22)17-8-3-2-5-12(17)10-19-11-17;/h4,6-7,9,12,19H,2-3,5,8,10-11H2,1H3,(H,20,22)(H2,18,21,23);1H/t12-,17+;/m0./s1. The van der Waals surface area contributed by atoms with E-state index in [1.807, 2.05) is 12.1 Å². The molecule has 1 aromatic rings. The molecular weight excluding hydrogens is 328 g/mol. The molecule has 7 heteroatoms. The summed E-state index contributed by atoms with van der Waals surface area (Å²) in [5.41, 5.74) is 1.10. The Morgan fingerprint density at radius 2 is 1.96 bits per heavy atom. The van der Waals surface area contributed by atoms with Crippen LogP contribution in [-0.2, 0) is 4.79 Å².